The Morgan fingerprint density at radius 1 is 0.974 bits per heavy atom. The number of esters is 1. The van der Waals surface area contributed by atoms with E-state index in [1.165, 1.54) is 0 Å². The molecule has 0 aliphatic rings. The topological polar surface area (TPSA) is 121 Å². The molecule has 9 nitrogen and oxygen atoms in total. The third-order valence-corrected chi connectivity index (χ3v) is 5.79. The average molecular weight is 539 g/mol. The predicted molar refractivity (Wildman–Crippen MR) is 146 cm³/mol. The predicted octanol–water partition coefficient (Wildman–Crippen LogP) is 6.19. The molecule has 2 aromatic heterocycles. The largest absolute Gasteiger partial charge is 0.519 e. The molecule has 0 saturated heterocycles. The minimum Gasteiger partial charge on any atom is -0.454 e. The summed E-state index contributed by atoms with van der Waals surface area (Å²) in [5.74, 6) is -1.13. The molecular formula is C30H38N2O7. The van der Waals surface area contributed by atoms with Crippen LogP contribution >= 0.6 is 0 Å². The van der Waals surface area contributed by atoms with E-state index in [9.17, 15) is 14.4 Å². The van der Waals surface area contributed by atoms with Gasteiger partial charge < -0.3 is 23.6 Å². The van der Waals surface area contributed by atoms with E-state index in [0.29, 0.717) is 23.2 Å². The number of carbonyl (C=O) groups is 2. The van der Waals surface area contributed by atoms with E-state index in [4.69, 9.17) is 23.3 Å². The number of alkyl carbamates (subject to hydrolysis) is 1. The molecule has 9 heteroatoms. The molecule has 3 rings (SSSR count). The molecule has 0 unspecified atom stereocenters. The monoisotopic (exact) mass is 538 g/mol. The molecule has 0 bridgehead atoms. The molecule has 210 valence electrons. The van der Waals surface area contributed by atoms with E-state index in [-0.39, 0.29) is 35.7 Å². The molecule has 0 aliphatic heterocycles. The third kappa shape index (κ3) is 8.05. The van der Waals surface area contributed by atoms with Crippen LogP contribution in [-0.4, -0.2) is 22.6 Å². The summed E-state index contributed by atoms with van der Waals surface area (Å²) in [7, 11) is 0. The lowest BCUT2D eigenvalue weighted by Gasteiger charge is -2.25. The minimum atomic E-state index is -0.862. The zero-order chi connectivity index (χ0) is 29.1. The zero-order valence-corrected chi connectivity index (χ0v) is 24.2. The van der Waals surface area contributed by atoms with Crippen molar-refractivity contribution in [1.82, 2.24) is 10.3 Å². The highest BCUT2D eigenvalue weighted by molar-refractivity contribution is 5.99. The van der Waals surface area contributed by atoms with Crippen molar-refractivity contribution >= 4 is 12.1 Å². The van der Waals surface area contributed by atoms with Gasteiger partial charge in [0, 0.05) is 23.4 Å². The number of nitrogens with zero attached hydrogens (tertiary/aromatic N) is 1. The lowest BCUT2D eigenvalue weighted by molar-refractivity contribution is 0.0441. The van der Waals surface area contributed by atoms with Gasteiger partial charge in [0.1, 0.15) is 5.60 Å². The van der Waals surface area contributed by atoms with Crippen LogP contribution in [0.5, 0.6) is 0 Å². The summed E-state index contributed by atoms with van der Waals surface area (Å²) < 4.78 is 20.9. The van der Waals surface area contributed by atoms with Crippen molar-refractivity contribution in [2.45, 2.75) is 87.5 Å². The van der Waals surface area contributed by atoms with Crippen LogP contribution < -0.4 is 11.1 Å². The Kier molecular flexibility index (Phi) is 8.73. The average Bonchev–Trinajstić information content (AvgIpc) is 3.11. The number of rotatable bonds is 7. The quantitative estimate of drug-likeness (QED) is 0.354. The summed E-state index contributed by atoms with van der Waals surface area (Å²) in [5.41, 5.74) is 3.88. The van der Waals surface area contributed by atoms with Crippen molar-refractivity contribution in [2.75, 3.05) is 0 Å². The summed E-state index contributed by atoms with van der Waals surface area (Å²) in [5, 5.41) is 2.84. The molecule has 39 heavy (non-hydrogen) atoms. The molecule has 0 atom stereocenters. The van der Waals surface area contributed by atoms with Gasteiger partial charge in [0.15, 0.2) is 18.1 Å². The van der Waals surface area contributed by atoms with Gasteiger partial charge in [-0.05, 0) is 58.9 Å². The minimum absolute atomic E-state index is 0.0901. The van der Waals surface area contributed by atoms with Gasteiger partial charge in [-0.25, -0.2) is 14.4 Å². The second kappa shape index (κ2) is 11.5. The summed E-state index contributed by atoms with van der Waals surface area (Å²) in [6.45, 7) is 16.8. The van der Waals surface area contributed by atoms with Crippen molar-refractivity contribution in [3.63, 3.8) is 0 Å². The molecule has 0 aliphatic carbocycles. The number of ether oxygens (including phenoxy) is 2. The molecule has 0 radical (unpaired) electrons. The fourth-order valence-corrected chi connectivity index (χ4v) is 4.11. The van der Waals surface area contributed by atoms with Crippen LogP contribution in [0.15, 0.2) is 37.9 Å². The van der Waals surface area contributed by atoms with Gasteiger partial charge in [-0.1, -0.05) is 50.6 Å². The maximum absolute atomic E-state index is 13.6. The second-order valence-corrected chi connectivity index (χ2v) is 11.8. The highest BCUT2D eigenvalue weighted by atomic mass is 16.6. The van der Waals surface area contributed by atoms with Gasteiger partial charge >= 0.3 is 17.9 Å². The molecule has 2 heterocycles. The molecule has 1 amide bonds. The van der Waals surface area contributed by atoms with Crippen molar-refractivity contribution in [3.8, 4) is 11.1 Å². The lowest BCUT2D eigenvalue weighted by Crippen LogP contribution is -2.33. The number of amides is 1. The van der Waals surface area contributed by atoms with Crippen molar-refractivity contribution < 1.29 is 27.9 Å². The van der Waals surface area contributed by atoms with E-state index in [1.54, 1.807) is 34.6 Å². The third-order valence-electron chi connectivity index (χ3n) is 5.79. The van der Waals surface area contributed by atoms with E-state index in [0.717, 1.165) is 16.8 Å². The highest BCUT2D eigenvalue weighted by Crippen LogP contribution is 2.35. The molecule has 1 aromatic carbocycles. The smallest absolute Gasteiger partial charge is 0.454 e. The number of nitrogens with one attached hydrogen (secondary N) is 1. The highest BCUT2D eigenvalue weighted by Gasteiger charge is 2.28. The van der Waals surface area contributed by atoms with Crippen molar-refractivity contribution in [3.05, 3.63) is 74.5 Å². The number of pyridine rings is 1. The lowest BCUT2D eigenvalue weighted by atomic mass is 9.85. The Balaban J connectivity index is 2.15. The molecular weight excluding hydrogens is 500 g/mol. The van der Waals surface area contributed by atoms with Gasteiger partial charge in [-0.3, -0.25) is 4.98 Å². The van der Waals surface area contributed by atoms with Crippen LogP contribution in [0.2, 0.25) is 0 Å². The van der Waals surface area contributed by atoms with Gasteiger partial charge in [0.25, 0.3) is 0 Å². The van der Waals surface area contributed by atoms with E-state index >= 15 is 0 Å². The number of benzene rings is 1. The van der Waals surface area contributed by atoms with E-state index in [2.05, 4.69) is 26.1 Å². The number of carbonyl (C=O) groups excluding carboxylic acids is 2. The van der Waals surface area contributed by atoms with Crippen LogP contribution in [-0.2, 0) is 29.0 Å². The Hall–Kier alpha value is -3.88. The van der Waals surface area contributed by atoms with Crippen molar-refractivity contribution in [2.24, 2.45) is 5.41 Å². The summed E-state index contributed by atoms with van der Waals surface area (Å²) in [6, 6.07) is 7.77. The van der Waals surface area contributed by atoms with Gasteiger partial charge in [0.2, 0.25) is 0 Å². The van der Waals surface area contributed by atoms with Gasteiger partial charge in [-0.15, -0.1) is 0 Å². The SMILES string of the molecule is Cc1ccc(-c2c(CNC(=O)OC(C)(C)C)c(CC(C)(C)C)nc(C)c2C(=O)OCc2oc(=O)oc2C)cc1. The van der Waals surface area contributed by atoms with Gasteiger partial charge in [-0.2, -0.15) is 0 Å². The summed E-state index contributed by atoms with van der Waals surface area (Å²) in [4.78, 5) is 42.4. The van der Waals surface area contributed by atoms with E-state index in [1.807, 2.05) is 31.2 Å². The molecule has 0 saturated carbocycles. The molecule has 0 fully saturated rings. The van der Waals surface area contributed by atoms with Crippen LogP contribution in [0, 0.1) is 26.2 Å². The fraction of sp³-hybridized carbons (Fsp3) is 0.467. The maximum atomic E-state index is 13.6. The van der Waals surface area contributed by atoms with E-state index < -0.39 is 23.5 Å². The molecule has 1 N–H and O–H groups in total. The Bertz CT molecular complexity index is 1400. The Labute approximate surface area is 228 Å². The zero-order valence-electron chi connectivity index (χ0n) is 24.2. The molecule has 0 spiro atoms. The first kappa shape index (κ1) is 29.7. The number of aromatic nitrogens is 1. The summed E-state index contributed by atoms with van der Waals surface area (Å²) in [6.07, 6.45) is 0.0291. The number of aryl methyl sites for hydroxylation is 3. The Morgan fingerprint density at radius 3 is 2.15 bits per heavy atom. The van der Waals surface area contributed by atoms with Crippen LogP contribution in [0.25, 0.3) is 11.1 Å². The molecule has 3 aromatic rings. The Morgan fingerprint density at radius 2 is 1.62 bits per heavy atom. The number of hydrogen-bond donors (Lipinski definition) is 1. The first-order chi connectivity index (χ1) is 18.0. The fourth-order valence-electron chi connectivity index (χ4n) is 4.11. The first-order valence-electron chi connectivity index (χ1n) is 12.9. The summed E-state index contributed by atoms with van der Waals surface area (Å²) >= 11 is 0. The second-order valence-electron chi connectivity index (χ2n) is 11.8. The van der Waals surface area contributed by atoms with Gasteiger partial charge in [0.05, 0.1) is 11.3 Å². The van der Waals surface area contributed by atoms with Crippen LogP contribution in [0.3, 0.4) is 0 Å². The maximum Gasteiger partial charge on any atom is 0.519 e. The number of hydrogen-bond acceptors (Lipinski definition) is 8. The first-order valence-corrected chi connectivity index (χ1v) is 12.9. The normalized spacial score (nSPS) is 11.8. The van der Waals surface area contributed by atoms with Crippen LogP contribution in [0.1, 0.15) is 85.9 Å². The standard InChI is InChI=1S/C30H38N2O7/c1-17-10-12-20(13-11-17)25-21(15-31-27(34)39-30(7,8)9)22(14-29(4,5)6)32-18(2)24(25)26(33)36-16-23-19(3)37-28(35)38-23/h10-13H,14-16H2,1-9H3,(H,31,34). The van der Waals surface area contributed by atoms with Crippen molar-refractivity contribution in [1.29, 1.82) is 0 Å². The van der Waals surface area contributed by atoms with Crippen LogP contribution in [0.4, 0.5) is 4.79 Å².